The fourth-order valence-electron chi connectivity index (χ4n) is 2.20. The molecule has 2 amide bonds. The molecule has 110 valence electrons. The van der Waals surface area contributed by atoms with Gasteiger partial charge in [-0.1, -0.05) is 13.8 Å². The van der Waals surface area contributed by atoms with Crippen LogP contribution in [0.1, 0.15) is 20.8 Å². The van der Waals surface area contributed by atoms with Crippen LogP contribution in [-0.4, -0.2) is 78.4 Å². The Labute approximate surface area is 115 Å². The smallest absolute Gasteiger partial charge is 0.239 e. The molecule has 1 aliphatic rings. The molecule has 0 aromatic rings. The van der Waals surface area contributed by atoms with Crippen molar-refractivity contribution in [3.8, 4) is 0 Å². The van der Waals surface area contributed by atoms with E-state index in [1.165, 1.54) is 0 Å². The van der Waals surface area contributed by atoms with Gasteiger partial charge in [-0.25, -0.2) is 0 Å². The number of hydrogen-bond donors (Lipinski definition) is 1. The lowest BCUT2D eigenvalue weighted by Crippen LogP contribution is -2.55. The molecule has 19 heavy (non-hydrogen) atoms. The molecule has 1 rings (SSSR count). The summed E-state index contributed by atoms with van der Waals surface area (Å²) in [5.41, 5.74) is 5.58. The van der Waals surface area contributed by atoms with Gasteiger partial charge in [-0.3, -0.25) is 14.5 Å². The van der Waals surface area contributed by atoms with Crippen LogP contribution in [0.5, 0.6) is 0 Å². The Morgan fingerprint density at radius 1 is 1.11 bits per heavy atom. The van der Waals surface area contributed by atoms with Gasteiger partial charge in [0.2, 0.25) is 11.8 Å². The molecule has 0 bridgehead atoms. The number of nitrogens with zero attached hydrogens (tertiary/aromatic N) is 3. The van der Waals surface area contributed by atoms with E-state index in [0.29, 0.717) is 32.7 Å². The molecule has 1 saturated heterocycles. The van der Waals surface area contributed by atoms with Gasteiger partial charge in [0.25, 0.3) is 0 Å². The number of hydrogen-bond acceptors (Lipinski definition) is 4. The maximum Gasteiger partial charge on any atom is 0.239 e. The number of carbonyl (C=O) groups is 2. The third-order valence-electron chi connectivity index (χ3n) is 3.59. The van der Waals surface area contributed by atoms with Crippen LogP contribution in [-0.2, 0) is 9.59 Å². The first kappa shape index (κ1) is 15.9. The molecule has 6 heteroatoms. The molecule has 1 unspecified atom stereocenters. The molecule has 0 saturated carbocycles. The number of carbonyl (C=O) groups excluding carboxylic acids is 2. The van der Waals surface area contributed by atoms with E-state index < -0.39 is 6.04 Å². The van der Waals surface area contributed by atoms with Gasteiger partial charge < -0.3 is 15.5 Å². The van der Waals surface area contributed by atoms with Gasteiger partial charge >= 0.3 is 0 Å². The minimum absolute atomic E-state index is 0.0316. The molecule has 0 aromatic carbocycles. The summed E-state index contributed by atoms with van der Waals surface area (Å²) in [5, 5.41) is 0. The fraction of sp³-hybridized carbons (Fsp3) is 0.846. The Balaban J connectivity index is 2.41. The van der Waals surface area contributed by atoms with E-state index in [1.54, 1.807) is 11.8 Å². The zero-order chi connectivity index (χ0) is 14.4. The second-order valence-electron chi connectivity index (χ2n) is 4.96. The summed E-state index contributed by atoms with van der Waals surface area (Å²) in [4.78, 5) is 29.5. The minimum atomic E-state index is -0.460. The van der Waals surface area contributed by atoms with Gasteiger partial charge in [-0.05, 0) is 20.0 Å². The summed E-state index contributed by atoms with van der Waals surface area (Å²) in [7, 11) is 0. The normalized spacial score (nSPS) is 17.7. The average molecular weight is 270 g/mol. The Bertz CT molecular complexity index is 308. The van der Waals surface area contributed by atoms with Crippen molar-refractivity contribution < 1.29 is 9.59 Å². The molecular formula is C13H26N4O2. The highest BCUT2D eigenvalue weighted by Gasteiger charge is 2.25. The number of amides is 2. The summed E-state index contributed by atoms with van der Waals surface area (Å²) in [6.45, 7) is 10.4. The van der Waals surface area contributed by atoms with Gasteiger partial charge in [-0.2, -0.15) is 0 Å². The molecule has 0 radical (unpaired) electrons. The van der Waals surface area contributed by atoms with Crippen LogP contribution in [0.15, 0.2) is 0 Å². The highest BCUT2D eigenvalue weighted by molar-refractivity contribution is 5.82. The minimum Gasteiger partial charge on any atom is -0.338 e. The summed E-state index contributed by atoms with van der Waals surface area (Å²) < 4.78 is 0. The topological polar surface area (TPSA) is 69.9 Å². The largest absolute Gasteiger partial charge is 0.338 e. The number of nitrogens with two attached hydrogens (primary N) is 1. The Kier molecular flexibility index (Phi) is 6.24. The van der Waals surface area contributed by atoms with Crippen molar-refractivity contribution in [3.05, 3.63) is 0 Å². The second-order valence-corrected chi connectivity index (χ2v) is 4.96. The molecule has 2 N–H and O–H groups in total. The predicted molar refractivity (Wildman–Crippen MR) is 74.6 cm³/mol. The quantitative estimate of drug-likeness (QED) is 0.720. The summed E-state index contributed by atoms with van der Waals surface area (Å²) in [6.07, 6.45) is 0. The Hall–Kier alpha value is -1.14. The van der Waals surface area contributed by atoms with Crippen molar-refractivity contribution in [2.45, 2.75) is 26.8 Å². The molecule has 1 aliphatic heterocycles. The molecular weight excluding hydrogens is 244 g/mol. The predicted octanol–water partition coefficient (Wildman–Crippen LogP) is -0.654. The van der Waals surface area contributed by atoms with E-state index in [2.05, 4.69) is 18.7 Å². The first-order valence-corrected chi connectivity index (χ1v) is 7.04. The van der Waals surface area contributed by atoms with Crippen molar-refractivity contribution in [2.75, 3.05) is 45.8 Å². The van der Waals surface area contributed by atoms with Crippen molar-refractivity contribution in [2.24, 2.45) is 5.73 Å². The standard InChI is InChI=1S/C13H26N4O2/c1-4-15(5-2)10-12(18)16-6-8-17(9-7-16)13(19)11(3)14/h11H,4-10,14H2,1-3H3. The second kappa shape index (κ2) is 7.45. The summed E-state index contributed by atoms with van der Waals surface area (Å²) >= 11 is 0. The lowest BCUT2D eigenvalue weighted by molar-refractivity contribution is -0.140. The van der Waals surface area contributed by atoms with Gasteiger partial charge in [0.1, 0.15) is 0 Å². The maximum atomic E-state index is 12.1. The van der Waals surface area contributed by atoms with Gasteiger partial charge in [0, 0.05) is 26.2 Å². The van der Waals surface area contributed by atoms with Crippen LogP contribution in [0.3, 0.4) is 0 Å². The van der Waals surface area contributed by atoms with Crippen molar-refractivity contribution in [1.29, 1.82) is 0 Å². The Morgan fingerprint density at radius 3 is 2.00 bits per heavy atom. The number of piperazine rings is 1. The van der Waals surface area contributed by atoms with Crippen LogP contribution >= 0.6 is 0 Å². The zero-order valence-electron chi connectivity index (χ0n) is 12.3. The third kappa shape index (κ3) is 4.47. The maximum absolute atomic E-state index is 12.1. The van der Waals surface area contributed by atoms with Crippen molar-refractivity contribution in [1.82, 2.24) is 14.7 Å². The monoisotopic (exact) mass is 270 g/mol. The lowest BCUT2D eigenvalue weighted by atomic mass is 10.2. The highest BCUT2D eigenvalue weighted by atomic mass is 16.2. The van der Waals surface area contributed by atoms with E-state index in [9.17, 15) is 9.59 Å². The van der Waals surface area contributed by atoms with Gasteiger partial charge in [-0.15, -0.1) is 0 Å². The molecule has 1 heterocycles. The van der Waals surface area contributed by atoms with E-state index >= 15 is 0 Å². The summed E-state index contributed by atoms with van der Waals surface area (Å²) in [6, 6.07) is -0.460. The van der Waals surface area contributed by atoms with Gasteiger partial charge in [0.05, 0.1) is 12.6 Å². The SMILES string of the molecule is CCN(CC)CC(=O)N1CCN(C(=O)C(C)N)CC1. The first-order valence-electron chi connectivity index (χ1n) is 7.04. The van der Waals surface area contributed by atoms with E-state index in [4.69, 9.17) is 5.73 Å². The van der Waals surface area contributed by atoms with Gasteiger partial charge in [0.15, 0.2) is 0 Å². The molecule has 1 fully saturated rings. The van der Waals surface area contributed by atoms with Crippen LogP contribution < -0.4 is 5.73 Å². The van der Waals surface area contributed by atoms with E-state index in [0.717, 1.165) is 13.1 Å². The van der Waals surface area contributed by atoms with Crippen LogP contribution in [0.4, 0.5) is 0 Å². The molecule has 0 aromatic heterocycles. The summed E-state index contributed by atoms with van der Waals surface area (Å²) in [5.74, 6) is 0.118. The van der Waals surface area contributed by atoms with E-state index in [-0.39, 0.29) is 11.8 Å². The highest BCUT2D eigenvalue weighted by Crippen LogP contribution is 2.04. The van der Waals surface area contributed by atoms with Crippen LogP contribution in [0.25, 0.3) is 0 Å². The Morgan fingerprint density at radius 2 is 1.58 bits per heavy atom. The van der Waals surface area contributed by atoms with Crippen molar-refractivity contribution >= 4 is 11.8 Å². The third-order valence-corrected chi connectivity index (χ3v) is 3.59. The van der Waals surface area contributed by atoms with Crippen molar-refractivity contribution in [3.63, 3.8) is 0 Å². The molecule has 6 nitrogen and oxygen atoms in total. The van der Waals surface area contributed by atoms with Crippen LogP contribution in [0.2, 0.25) is 0 Å². The molecule has 0 spiro atoms. The van der Waals surface area contributed by atoms with Crippen LogP contribution in [0, 0.1) is 0 Å². The lowest BCUT2D eigenvalue weighted by Gasteiger charge is -2.36. The zero-order valence-corrected chi connectivity index (χ0v) is 12.3. The first-order chi connectivity index (χ1) is 8.99. The molecule has 1 atom stereocenters. The fourth-order valence-corrected chi connectivity index (χ4v) is 2.20. The average Bonchev–Trinajstić information content (AvgIpc) is 2.43. The number of rotatable bonds is 5. The van der Waals surface area contributed by atoms with E-state index in [1.807, 2.05) is 4.90 Å². The molecule has 0 aliphatic carbocycles. The number of likely N-dealkylation sites (N-methyl/N-ethyl adjacent to an activating group) is 1.